The summed E-state index contributed by atoms with van der Waals surface area (Å²) in [6.45, 7) is 1.95. The molecule has 0 aliphatic rings. The van der Waals surface area contributed by atoms with Crippen LogP contribution in [0.4, 0.5) is 0 Å². The Labute approximate surface area is 120 Å². The molecule has 0 saturated heterocycles. The molecule has 0 bridgehead atoms. The number of carbonyl (C=O) groups is 1. The van der Waals surface area contributed by atoms with Crippen molar-refractivity contribution in [2.24, 2.45) is 0 Å². The number of hydrogen-bond acceptors (Lipinski definition) is 2. The van der Waals surface area contributed by atoms with Gasteiger partial charge in [0.1, 0.15) is 11.9 Å². The lowest BCUT2D eigenvalue weighted by molar-refractivity contribution is 0.0696. The van der Waals surface area contributed by atoms with Crippen molar-refractivity contribution in [3.63, 3.8) is 0 Å². The van der Waals surface area contributed by atoms with E-state index in [0.29, 0.717) is 10.2 Å². The Bertz CT molecular complexity index is 581. The Kier molecular flexibility index (Phi) is 4.22. The van der Waals surface area contributed by atoms with E-state index in [4.69, 9.17) is 9.84 Å². The van der Waals surface area contributed by atoms with E-state index >= 15 is 0 Å². The normalized spacial score (nSPS) is 11.9. The van der Waals surface area contributed by atoms with E-state index in [1.54, 1.807) is 12.1 Å². The van der Waals surface area contributed by atoms with Crippen molar-refractivity contribution >= 4 is 21.9 Å². The second kappa shape index (κ2) is 5.89. The summed E-state index contributed by atoms with van der Waals surface area (Å²) in [5.74, 6) is -0.331. The fourth-order valence-electron chi connectivity index (χ4n) is 1.74. The predicted octanol–water partition coefficient (Wildman–Crippen LogP) is 4.29. The average molecular weight is 321 g/mol. The predicted molar refractivity (Wildman–Crippen MR) is 76.6 cm³/mol. The van der Waals surface area contributed by atoms with Crippen molar-refractivity contribution in [2.75, 3.05) is 0 Å². The molecule has 0 heterocycles. The van der Waals surface area contributed by atoms with Crippen molar-refractivity contribution < 1.29 is 14.6 Å². The maximum absolute atomic E-state index is 10.9. The third-order valence-electron chi connectivity index (χ3n) is 2.75. The number of aromatic carboxylic acids is 1. The summed E-state index contributed by atoms with van der Waals surface area (Å²) in [6, 6.07) is 14.7. The molecule has 0 saturated carbocycles. The monoisotopic (exact) mass is 320 g/mol. The van der Waals surface area contributed by atoms with Gasteiger partial charge in [-0.25, -0.2) is 4.79 Å². The molecule has 0 fully saturated rings. The van der Waals surface area contributed by atoms with E-state index in [1.807, 2.05) is 37.3 Å². The van der Waals surface area contributed by atoms with Crippen LogP contribution in [0.1, 0.15) is 28.9 Å². The molecule has 4 heteroatoms. The summed E-state index contributed by atoms with van der Waals surface area (Å²) in [5, 5.41) is 8.95. The number of halogens is 1. The number of carboxylic acids is 1. The van der Waals surface area contributed by atoms with Gasteiger partial charge in [0, 0.05) is 4.47 Å². The van der Waals surface area contributed by atoms with Crippen molar-refractivity contribution in [1.29, 1.82) is 0 Å². The molecule has 2 rings (SSSR count). The summed E-state index contributed by atoms with van der Waals surface area (Å²) in [6.07, 6.45) is -0.0937. The van der Waals surface area contributed by atoms with Gasteiger partial charge >= 0.3 is 5.97 Å². The highest BCUT2D eigenvalue weighted by molar-refractivity contribution is 9.10. The molecule has 0 radical (unpaired) electrons. The number of benzene rings is 2. The van der Waals surface area contributed by atoms with E-state index in [0.717, 1.165) is 5.56 Å². The number of ether oxygens (including phenoxy) is 1. The van der Waals surface area contributed by atoms with Crippen molar-refractivity contribution in [2.45, 2.75) is 13.0 Å². The Morgan fingerprint density at radius 2 is 1.89 bits per heavy atom. The fourth-order valence-corrected chi connectivity index (χ4v) is 2.27. The van der Waals surface area contributed by atoms with Crippen LogP contribution < -0.4 is 4.74 Å². The molecule has 1 N–H and O–H groups in total. The van der Waals surface area contributed by atoms with Gasteiger partial charge in [0.25, 0.3) is 0 Å². The largest absolute Gasteiger partial charge is 0.486 e. The topological polar surface area (TPSA) is 46.5 Å². The maximum atomic E-state index is 10.9. The zero-order chi connectivity index (χ0) is 13.8. The van der Waals surface area contributed by atoms with Gasteiger partial charge in [-0.05, 0) is 46.6 Å². The molecule has 98 valence electrons. The first-order valence-corrected chi connectivity index (χ1v) is 6.61. The van der Waals surface area contributed by atoms with Gasteiger partial charge < -0.3 is 9.84 Å². The Hall–Kier alpha value is -1.81. The zero-order valence-corrected chi connectivity index (χ0v) is 11.9. The molecular weight excluding hydrogens is 308 g/mol. The van der Waals surface area contributed by atoms with Gasteiger partial charge in [0.15, 0.2) is 0 Å². The second-order valence-corrected chi connectivity index (χ2v) is 4.97. The molecule has 19 heavy (non-hydrogen) atoms. The van der Waals surface area contributed by atoms with Crippen LogP contribution in [0.2, 0.25) is 0 Å². The molecule has 2 aromatic carbocycles. The quantitative estimate of drug-likeness (QED) is 0.914. The van der Waals surface area contributed by atoms with E-state index in [-0.39, 0.29) is 11.7 Å². The zero-order valence-electron chi connectivity index (χ0n) is 10.3. The lowest BCUT2D eigenvalue weighted by Crippen LogP contribution is -2.04. The van der Waals surface area contributed by atoms with Crippen LogP contribution in [0.15, 0.2) is 53.0 Å². The van der Waals surface area contributed by atoms with Gasteiger partial charge in [-0.3, -0.25) is 0 Å². The lowest BCUT2D eigenvalue weighted by Gasteiger charge is -2.15. The van der Waals surface area contributed by atoms with Crippen LogP contribution in [0.5, 0.6) is 5.75 Å². The highest BCUT2D eigenvalue weighted by atomic mass is 79.9. The third-order valence-corrected chi connectivity index (χ3v) is 3.41. The molecule has 2 aromatic rings. The average Bonchev–Trinajstić information content (AvgIpc) is 2.39. The first kappa shape index (κ1) is 13.6. The molecule has 1 unspecified atom stereocenters. The Morgan fingerprint density at radius 1 is 1.21 bits per heavy atom. The first-order valence-electron chi connectivity index (χ1n) is 5.82. The van der Waals surface area contributed by atoms with Crippen LogP contribution in [0.25, 0.3) is 0 Å². The van der Waals surface area contributed by atoms with Crippen LogP contribution in [-0.4, -0.2) is 11.1 Å². The standard InChI is InChI=1S/C15H13BrO3/c1-10(11-5-3-2-4-6-11)19-12-7-8-13(15(17)18)14(16)9-12/h2-10H,1H3,(H,17,18). The number of hydrogen-bond donors (Lipinski definition) is 1. The smallest absolute Gasteiger partial charge is 0.336 e. The van der Waals surface area contributed by atoms with Crippen LogP contribution in [0.3, 0.4) is 0 Å². The minimum atomic E-state index is -0.963. The van der Waals surface area contributed by atoms with E-state index in [1.165, 1.54) is 6.07 Å². The van der Waals surface area contributed by atoms with E-state index in [2.05, 4.69) is 15.9 Å². The maximum Gasteiger partial charge on any atom is 0.336 e. The van der Waals surface area contributed by atoms with Gasteiger partial charge in [-0.1, -0.05) is 30.3 Å². The van der Waals surface area contributed by atoms with E-state index in [9.17, 15) is 4.79 Å². The molecule has 0 amide bonds. The van der Waals surface area contributed by atoms with Crippen LogP contribution in [-0.2, 0) is 0 Å². The molecule has 3 nitrogen and oxygen atoms in total. The summed E-state index contributed by atoms with van der Waals surface area (Å²) >= 11 is 3.23. The van der Waals surface area contributed by atoms with Crippen LogP contribution in [0, 0.1) is 0 Å². The first-order chi connectivity index (χ1) is 9.08. The lowest BCUT2D eigenvalue weighted by atomic mass is 10.1. The van der Waals surface area contributed by atoms with Gasteiger partial charge in [-0.15, -0.1) is 0 Å². The minimum Gasteiger partial charge on any atom is -0.486 e. The highest BCUT2D eigenvalue weighted by Gasteiger charge is 2.11. The summed E-state index contributed by atoms with van der Waals surface area (Å²) < 4.78 is 6.30. The second-order valence-electron chi connectivity index (χ2n) is 4.12. The Morgan fingerprint density at radius 3 is 2.47 bits per heavy atom. The van der Waals surface area contributed by atoms with Crippen LogP contribution >= 0.6 is 15.9 Å². The highest BCUT2D eigenvalue weighted by Crippen LogP contribution is 2.27. The van der Waals surface area contributed by atoms with Gasteiger partial charge in [-0.2, -0.15) is 0 Å². The molecular formula is C15H13BrO3. The SMILES string of the molecule is CC(Oc1ccc(C(=O)O)c(Br)c1)c1ccccc1. The summed E-state index contributed by atoms with van der Waals surface area (Å²) in [7, 11) is 0. The van der Waals surface area contributed by atoms with Gasteiger partial charge in [0.05, 0.1) is 5.56 Å². The number of carboxylic acid groups (broad SMARTS) is 1. The molecule has 0 aliphatic carbocycles. The summed E-state index contributed by atoms with van der Waals surface area (Å²) in [4.78, 5) is 10.9. The number of rotatable bonds is 4. The van der Waals surface area contributed by atoms with Crippen molar-refractivity contribution in [3.05, 3.63) is 64.1 Å². The molecule has 0 aromatic heterocycles. The summed E-state index contributed by atoms with van der Waals surface area (Å²) in [5.41, 5.74) is 1.29. The van der Waals surface area contributed by atoms with Crippen molar-refractivity contribution in [3.8, 4) is 5.75 Å². The minimum absolute atomic E-state index is 0.0937. The van der Waals surface area contributed by atoms with E-state index < -0.39 is 5.97 Å². The van der Waals surface area contributed by atoms with Gasteiger partial charge in [0.2, 0.25) is 0 Å². The third kappa shape index (κ3) is 3.35. The Balaban J connectivity index is 2.16. The fraction of sp³-hybridized carbons (Fsp3) is 0.133. The molecule has 0 spiro atoms. The molecule has 0 aliphatic heterocycles. The molecule has 1 atom stereocenters. The van der Waals surface area contributed by atoms with Crippen molar-refractivity contribution in [1.82, 2.24) is 0 Å².